The first-order valence-electron chi connectivity index (χ1n) is 7.47. The van der Waals surface area contributed by atoms with Gasteiger partial charge >= 0.3 is 0 Å². The summed E-state index contributed by atoms with van der Waals surface area (Å²) in [6.07, 6.45) is 4.13. The Kier molecular flexibility index (Phi) is 10.2. The maximum absolute atomic E-state index is 13.7. The van der Waals surface area contributed by atoms with Crippen LogP contribution < -0.4 is 11.1 Å². The number of amides is 2. The van der Waals surface area contributed by atoms with Crippen molar-refractivity contribution < 1.29 is 14.0 Å². The predicted molar refractivity (Wildman–Crippen MR) is 92.4 cm³/mol. The van der Waals surface area contributed by atoms with E-state index in [0.29, 0.717) is 18.7 Å². The van der Waals surface area contributed by atoms with Crippen LogP contribution in [0.3, 0.4) is 0 Å². The fraction of sp³-hybridized carbons (Fsp3) is 0.500. The molecule has 1 aromatic rings. The van der Waals surface area contributed by atoms with E-state index in [1.807, 2.05) is 0 Å². The maximum Gasteiger partial charge on any atom is 0.256 e. The molecule has 0 unspecified atom stereocenters. The highest BCUT2D eigenvalue weighted by molar-refractivity contribution is 5.97. The van der Waals surface area contributed by atoms with Crippen LogP contribution in [0.5, 0.6) is 0 Å². The van der Waals surface area contributed by atoms with Gasteiger partial charge in [0.25, 0.3) is 5.91 Å². The largest absolute Gasteiger partial charge is 0.345 e. The number of hydrogen-bond acceptors (Lipinski definition) is 3. The van der Waals surface area contributed by atoms with Crippen molar-refractivity contribution in [2.24, 2.45) is 5.73 Å². The number of nitrogens with zero attached hydrogens (tertiary/aromatic N) is 1. The second-order valence-corrected chi connectivity index (χ2v) is 5.40. The van der Waals surface area contributed by atoms with Crippen LogP contribution >= 0.6 is 12.4 Å². The van der Waals surface area contributed by atoms with Crippen LogP contribution in [-0.4, -0.2) is 37.4 Å². The van der Waals surface area contributed by atoms with E-state index in [4.69, 9.17) is 5.73 Å². The number of nitrogens with two attached hydrogens (primary N) is 1. The van der Waals surface area contributed by atoms with Gasteiger partial charge in [-0.3, -0.25) is 9.59 Å². The first-order valence-corrected chi connectivity index (χ1v) is 7.47. The Morgan fingerprint density at radius 3 is 2.43 bits per heavy atom. The van der Waals surface area contributed by atoms with Crippen molar-refractivity contribution in [3.8, 4) is 0 Å². The molecule has 0 atom stereocenters. The first-order chi connectivity index (χ1) is 10.5. The van der Waals surface area contributed by atoms with Crippen LogP contribution in [0.25, 0.3) is 0 Å². The van der Waals surface area contributed by atoms with Gasteiger partial charge < -0.3 is 16.0 Å². The molecule has 3 N–H and O–H groups in total. The maximum atomic E-state index is 13.7. The zero-order chi connectivity index (χ0) is 16.5. The third-order valence-corrected chi connectivity index (χ3v) is 3.24. The molecule has 0 heterocycles. The fourth-order valence-corrected chi connectivity index (χ4v) is 2.01. The minimum absolute atomic E-state index is 0. The summed E-state index contributed by atoms with van der Waals surface area (Å²) >= 11 is 0. The van der Waals surface area contributed by atoms with Crippen LogP contribution in [0.1, 0.15) is 42.5 Å². The minimum atomic E-state index is -0.599. The molecule has 0 radical (unpaired) electrons. The zero-order valence-corrected chi connectivity index (χ0v) is 14.4. The number of unbranched alkanes of at least 4 members (excludes halogenated alkanes) is 3. The van der Waals surface area contributed by atoms with Crippen molar-refractivity contribution in [1.82, 2.24) is 4.90 Å². The topological polar surface area (TPSA) is 75.4 Å². The monoisotopic (exact) mass is 345 g/mol. The molecule has 0 aliphatic carbocycles. The number of hydrogen-bond donors (Lipinski definition) is 2. The molecule has 0 fully saturated rings. The van der Waals surface area contributed by atoms with Gasteiger partial charge in [-0.1, -0.05) is 12.8 Å². The van der Waals surface area contributed by atoms with Gasteiger partial charge in [0.1, 0.15) is 5.82 Å². The summed E-state index contributed by atoms with van der Waals surface area (Å²) in [5.74, 6) is -1.17. The highest BCUT2D eigenvalue weighted by Crippen LogP contribution is 2.16. The molecule has 5 nitrogen and oxygen atoms in total. The van der Waals surface area contributed by atoms with Gasteiger partial charge in [0, 0.05) is 26.2 Å². The Morgan fingerprint density at radius 1 is 1.17 bits per heavy atom. The van der Waals surface area contributed by atoms with Crippen LogP contribution in [0, 0.1) is 5.82 Å². The Morgan fingerprint density at radius 2 is 1.83 bits per heavy atom. The van der Waals surface area contributed by atoms with Gasteiger partial charge in [0.2, 0.25) is 5.91 Å². The molecule has 0 aliphatic rings. The quantitative estimate of drug-likeness (QED) is 0.711. The molecule has 0 saturated heterocycles. The Labute approximate surface area is 142 Å². The molecular formula is C16H25ClFN3O2. The van der Waals surface area contributed by atoms with E-state index >= 15 is 0 Å². The highest BCUT2D eigenvalue weighted by atomic mass is 35.5. The average molecular weight is 346 g/mol. The van der Waals surface area contributed by atoms with Crippen molar-refractivity contribution in [3.63, 3.8) is 0 Å². The van der Waals surface area contributed by atoms with E-state index in [1.165, 1.54) is 23.1 Å². The average Bonchev–Trinajstić information content (AvgIpc) is 2.48. The molecule has 2 amide bonds. The summed E-state index contributed by atoms with van der Waals surface area (Å²) in [5.41, 5.74) is 5.78. The first kappa shape index (κ1) is 21.3. The lowest BCUT2D eigenvalue weighted by atomic mass is 10.1. The van der Waals surface area contributed by atoms with Crippen LogP contribution in [-0.2, 0) is 4.79 Å². The van der Waals surface area contributed by atoms with Crippen LogP contribution in [0.15, 0.2) is 18.2 Å². The summed E-state index contributed by atoms with van der Waals surface area (Å²) < 4.78 is 13.7. The van der Waals surface area contributed by atoms with Crippen LogP contribution in [0.4, 0.5) is 10.1 Å². The normalized spacial score (nSPS) is 9.91. The van der Waals surface area contributed by atoms with Crippen molar-refractivity contribution >= 4 is 29.9 Å². The van der Waals surface area contributed by atoms with Crippen molar-refractivity contribution in [2.75, 3.05) is 26.0 Å². The molecule has 1 aromatic carbocycles. The van der Waals surface area contributed by atoms with Gasteiger partial charge in [0.15, 0.2) is 0 Å². The molecule has 1 rings (SSSR count). The second kappa shape index (κ2) is 11.0. The third-order valence-electron chi connectivity index (χ3n) is 3.24. The number of carbonyl (C=O) groups excluding carboxylic acids is 2. The number of nitrogens with one attached hydrogen (secondary N) is 1. The zero-order valence-electron chi connectivity index (χ0n) is 13.6. The lowest BCUT2D eigenvalue weighted by Crippen LogP contribution is -2.23. The number of anilines is 1. The van der Waals surface area contributed by atoms with Gasteiger partial charge in [-0.25, -0.2) is 4.39 Å². The fourth-order valence-electron chi connectivity index (χ4n) is 2.01. The van der Waals surface area contributed by atoms with Gasteiger partial charge in [-0.05, 0) is 37.6 Å². The molecule has 23 heavy (non-hydrogen) atoms. The standard InChI is InChI=1S/C16H24FN3O2.ClH/c1-20(2)16(22)13-11-12(8-9-14(13)17)19-15(21)7-5-3-4-6-10-18;/h8-9,11H,3-7,10,18H2,1-2H3,(H,19,21);1H. The van der Waals surface area contributed by atoms with Gasteiger partial charge in [0.05, 0.1) is 5.56 Å². The van der Waals surface area contributed by atoms with E-state index in [0.717, 1.165) is 25.7 Å². The van der Waals surface area contributed by atoms with Crippen molar-refractivity contribution in [1.29, 1.82) is 0 Å². The number of halogens is 2. The van der Waals surface area contributed by atoms with Gasteiger partial charge in [-0.15, -0.1) is 12.4 Å². The lowest BCUT2D eigenvalue weighted by Gasteiger charge is -2.12. The number of rotatable bonds is 8. The van der Waals surface area contributed by atoms with Gasteiger partial charge in [-0.2, -0.15) is 0 Å². The van der Waals surface area contributed by atoms with E-state index in [1.54, 1.807) is 14.1 Å². The summed E-state index contributed by atoms with van der Waals surface area (Å²) in [7, 11) is 3.10. The number of benzene rings is 1. The molecule has 130 valence electrons. The van der Waals surface area contributed by atoms with Crippen molar-refractivity contribution in [2.45, 2.75) is 32.1 Å². The highest BCUT2D eigenvalue weighted by Gasteiger charge is 2.15. The summed E-state index contributed by atoms with van der Waals surface area (Å²) in [4.78, 5) is 25.0. The second-order valence-electron chi connectivity index (χ2n) is 5.40. The molecule has 0 bridgehead atoms. The Balaban J connectivity index is 0.00000484. The van der Waals surface area contributed by atoms with Crippen molar-refractivity contribution in [3.05, 3.63) is 29.6 Å². The molecule has 0 spiro atoms. The molecule has 0 saturated carbocycles. The van der Waals surface area contributed by atoms with E-state index in [9.17, 15) is 14.0 Å². The molecular weight excluding hydrogens is 321 g/mol. The van der Waals surface area contributed by atoms with E-state index < -0.39 is 11.7 Å². The number of carbonyl (C=O) groups is 2. The Hall–Kier alpha value is -1.66. The summed E-state index contributed by atoms with van der Waals surface area (Å²) in [6.45, 7) is 0.671. The lowest BCUT2D eigenvalue weighted by molar-refractivity contribution is -0.116. The molecule has 0 aliphatic heterocycles. The third kappa shape index (κ3) is 7.43. The Bertz CT molecular complexity index is 524. The predicted octanol–water partition coefficient (Wildman–Crippen LogP) is 2.80. The minimum Gasteiger partial charge on any atom is -0.345 e. The van der Waals surface area contributed by atoms with E-state index in [-0.39, 0.29) is 23.9 Å². The van der Waals surface area contributed by atoms with Crippen LogP contribution in [0.2, 0.25) is 0 Å². The SMILES string of the molecule is CN(C)C(=O)c1cc(NC(=O)CCCCCCN)ccc1F.Cl. The smallest absolute Gasteiger partial charge is 0.256 e. The summed E-state index contributed by atoms with van der Waals surface area (Å²) in [6, 6.07) is 4.01. The molecule has 7 heteroatoms. The summed E-state index contributed by atoms with van der Waals surface area (Å²) in [5, 5.41) is 2.69. The molecule has 0 aromatic heterocycles. The van der Waals surface area contributed by atoms with E-state index in [2.05, 4.69) is 5.32 Å².